The molecule has 0 bridgehead atoms. The van der Waals surface area contributed by atoms with Crippen molar-refractivity contribution >= 4 is 28.1 Å². The zero-order chi connectivity index (χ0) is 15.4. The molecule has 3 N–H and O–H groups in total. The number of benzene rings is 1. The van der Waals surface area contributed by atoms with Crippen LogP contribution in [-0.4, -0.2) is 23.2 Å². The van der Waals surface area contributed by atoms with E-state index in [-0.39, 0.29) is 5.91 Å². The highest BCUT2D eigenvalue weighted by Crippen LogP contribution is 2.34. The Kier molecular flexibility index (Phi) is 4.74. The van der Waals surface area contributed by atoms with Gasteiger partial charge < -0.3 is 15.8 Å². The number of hydrogen-bond donors (Lipinski definition) is 2. The molecule has 2 rings (SSSR count). The van der Waals surface area contributed by atoms with Crippen LogP contribution in [0.3, 0.4) is 0 Å². The van der Waals surface area contributed by atoms with E-state index < -0.39 is 0 Å². The van der Waals surface area contributed by atoms with Crippen LogP contribution in [0.5, 0.6) is 5.75 Å². The largest absolute Gasteiger partial charge is 0.496 e. The predicted molar refractivity (Wildman–Crippen MR) is 84.4 cm³/mol. The van der Waals surface area contributed by atoms with Crippen LogP contribution < -0.4 is 15.8 Å². The number of anilines is 2. The number of nitrogens with one attached hydrogen (secondary N) is 1. The Morgan fingerprint density at radius 1 is 1.43 bits per heavy atom. The number of amides is 1. The van der Waals surface area contributed by atoms with E-state index in [1.54, 1.807) is 25.3 Å². The SMILES string of the molecule is COc1ccc(N)cc1-c1nnc(NC(=O)CC(C)C)s1. The van der Waals surface area contributed by atoms with Crippen LogP contribution in [0.4, 0.5) is 10.8 Å². The molecule has 0 aliphatic carbocycles. The molecule has 1 aromatic carbocycles. The fourth-order valence-electron chi connectivity index (χ4n) is 1.82. The molecule has 0 unspecified atom stereocenters. The molecule has 0 radical (unpaired) electrons. The van der Waals surface area contributed by atoms with E-state index in [0.717, 1.165) is 5.56 Å². The highest BCUT2D eigenvalue weighted by Gasteiger charge is 2.14. The van der Waals surface area contributed by atoms with E-state index in [9.17, 15) is 4.79 Å². The standard InChI is InChI=1S/C14H18N4O2S/c1-8(2)6-12(19)16-14-18-17-13(21-14)10-7-9(15)4-5-11(10)20-3/h4-5,7-8H,6,15H2,1-3H3,(H,16,18,19). The average Bonchev–Trinajstić information content (AvgIpc) is 2.85. The summed E-state index contributed by atoms with van der Waals surface area (Å²) in [6, 6.07) is 5.32. The van der Waals surface area contributed by atoms with E-state index in [1.165, 1.54) is 11.3 Å². The molecule has 0 saturated heterocycles. The first kappa shape index (κ1) is 15.2. The third-order valence-electron chi connectivity index (χ3n) is 2.72. The van der Waals surface area contributed by atoms with Gasteiger partial charge in [0.2, 0.25) is 11.0 Å². The monoisotopic (exact) mass is 306 g/mol. The maximum absolute atomic E-state index is 11.7. The maximum Gasteiger partial charge on any atom is 0.226 e. The number of ether oxygens (including phenoxy) is 1. The van der Waals surface area contributed by atoms with Crippen molar-refractivity contribution in [1.82, 2.24) is 10.2 Å². The molecule has 0 saturated carbocycles. The molecular formula is C14H18N4O2S. The molecule has 2 aromatic rings. The van der Waals surface area contributed by atoms with E-state index in [0.29, 0.717) is 33.9 Å². The fourth-order valence-corrected chi connectivity index (χ4v) is 2.60. The molecule has 0 aliphatic rings. The summed E-state index contributed by atoms with van der Waals surface area (Å²) in [5.41, 5.74) is 7.17. The molecule has 0 fully saturated rings. The van der Waals surface area contributed by atoms with Crippen molar-refractivity contribution in [3.63, 3.8) is 0 Å². The lowest BCUT2D eigenvalue weighted by Gasteiger charge is -2.06. The second-order valence-corrected chi connectivity index (χ2v) is 6.00. The molecular weight excluding hydrogens is 288 g/mol. The maximum atomic E-state index is 11.7. The zero-order valence-corrected chi connectivity index (χ0v) is 13.0. The lowest BCUT2D eigenvalue weighted by Crippen LogP contribution is -2.13. The highest BCUT2D eigenvalue weighted by atomic mass is 32.1. The van der Waals surface area contributed by atoms with Crippen LogP contribution >= 0.6 is 11.3 Å². The number of aromatic nitrogens is 2. The number of nitrogen functional groups attached to an aromatic ring is 1. The summed E-state index contributed by atoms with van der Waals surface area (Å²) in [7, 11) is 1.58. The van der Waals surface area contributed by atoms with Gasteiger partial charge in [0.25, 0.3) is 0 Å². The van der Waals surface area contributed by atoms with Gasteiger partial charge >= 0.3 is 0 Å². The number of rotatable bonds is 5. The van der Waals surface area contributed by atoms with Gasteiger partial charge in [-0.2, -0.15) is 0 Å². The van der Waals surface area contributed by atoms with Gasteiger partial charge in [0, 0.05) is 12.1 Å². The molecule has 1 amide bonds. The summed E-state index contributed by atoms with van der Waals surface area (Å²) < 4.78 is 5.29. The van der Waals surface area contributed by atoms with Crippen molar-refractivity contribution in [3.05, 3.63) is 18.2 Å². The summed E-state index contributed by atoms with van der Waals surface area (Å²) in [4.78, 5) is 11.7. The topological polar surface area (TPSA) is 90.1 Å². The van der Waals surface area contributed by atoms with E-state index in [2.05, 4.69) is 15.5 Å². The van der Waals surface area contributed by atoms with Gasteiger partial charge in [0.15, 0.2) is 5.01 Å². The van der Waals surface area contributed by atoms with Crippen molar-refractivity contribution in [2.24, 2.45) is 5.92 Å². The highest BCUT2D eigenvalue weighted by molar-refractivity contribution is 7.18. The fraction of sp³-hybridized carbons (Fsp3) is 0.357. The Labute approximate surface area is 127 Å². The number of nitrogens with two attached hydrogens (primary N) is 1. The average molecular weight is 306 g/mol. The molecule has 0 spiro atoms. The number of carbonyl (C=O) groups is 1. The van der Waals surface area contributed by atoms with Crippen LogP contribution in [0, 0.1) is 5.92 Å². The minimum Gasteiger partial charge on any atom is -0.496 e. The van der Waals surface area contributed by atoms with Gasteiger partial charge in [0.05, 0.1) is 12.7 Å². The van der Waals surface area contributed by atoms with Crippen molar-refractivity contribution in [2.75, 3.05) is 18.2 Å². The van der Waals surface area contributed by atoms with Crippen molar-refractivity contribution in [1.29, 1.82) is 0 Å². The number of methoxy groups -OCH3 is 1. The third-order valence-corrected chi connectivity index (χ3v) is 3.59. The van der Waals surface area contributed by atoms with Gasteiger partial charge in [-0.3, -0.25) is 4.79 Å². The van der Waals surface area contributed by atoms with Crippen LogP contribution in [0.2, 0.25) is 0 Å². The minimum atomic E-state index is -0.0627. The first-order valence-corrected chi connectivity index (χ1v) is 7.38. The Hall–Kier alpha value is -2.15. The predicted octanol–water partition coefficient (Wildman–Crippen LogP) is 2.78. The first-order valence-electron chi connectivity index (χ1n) is 6.57. The Balaban J connectivity index is 2.20. The molecule has 0 aliphatic heterocycles. The second kappa shape index (κ2) is 6.53. The summed E-state index contributed by atoms with van der Waals surface area (Å²) in [5, 5.41) is 11.9. The van der Waals surface area contributed by atoms with E-state index in [4.69, 9.17) is 10.5 Å². The van der Waals surface area contributed by atoms with Crippen LogP contribution in [0.1, 0.15) is 20.3 Å². The number of hydrogen-bond acceptors (Lipinski definition) is 6. The van der Waals surface area contributed by atoms with Gasteiger partial charge in [-0.15, -0.1) is 10.2 Å². The summed E-state index contributed by atoms with van der Waals surface area (Å²) in [5.74, 6) is 0.902. The van der Waals surface area contributed by atoms with Gasteiger partial charge in [0.1, 0.15) is 5.75 Å². The van der Waals surface area contributed by atoms with Crippen LogP contribution in [0.25, 0.3) is 10.6 Å². The smallest absolute Gasteiger partial charge is 0.226 e. The van der Waals surface area contributed by atoms with Crippen molar-refractivity contribution in [3.8, 4) is 16.3 Å². The molecule has 21 heavy (non-hydrogen) atoms. The molecule has 0 atom stereocenters. The number of nitrogens with zero attached hydrogens (tertiary/aromatic N) is 2. The summed E-state index contributed by atoms with van der Waals surface area (Å²) in [6.07, 6.45) is 0.455. The van der Waals surface area contributed by atoms with E-state index in [1.807, 2.05) is 13.8 Å². The molecule has 1 heterocycles. The normalized spacial score (nSPS) is 10.7. The summed E-state index contributed by atoms with van der Waals surface area (Å²) >= 11 is 1.29. The molecule has 7 heteroatoms. The lowest BCUT2D eigenvalue weighted by molar-refractivity contribution is -0.116. The van der Waals surface area contributed by atoms with Gasteiger partial charge in [-0.25, -0.2) is 0 Å². The number of carbonyl (C=O) groups excluding carboxylic acids is 1. The third kappa shape index (κ3) is 3.91. The van der Waals surface area contributed by atoms with Gasteiger partial charge in [-0.05, 0) is 24.1 Å². The zero-order valence-electron chi connectivity index (χ0n) is 12.2. The molecule has 1 aromatic heterocycles. The first-order chi connectivity index (χ1) is 9.99. The minimum absolute atomic E-state index is 0.0627. The second-order valence-electron chi connectivity index (χ2n) is 5.02. The van der Waals surface area contributed by atoms with E-state index >= 15 is 0 Å². The van der Waals surface area contributed by atoms with Crippen molar-refractivity contribution in [2.45, 2.75) is 20.3 Å². The Morgan fingerprint density at radius 3 is 2.86 bits per heavy atom. The molecule has 6 nitrogen and oxygen atoms in total. The Morgan fingerprint density at radius 2 is 2.19 bits per heavy atom. The summed E-state index contributed by atoms with van der Waals surface area (Å²) in [6.45, 7) is 3.98. The van der Waals surface area contributed by atoms with Crippen LogP contribution in [0.15, 0.2) is 18.2 Å². The molecule has 112 valence electrons. The van der Waals surface area contributed by atoms with Gasteiger partial charge in [-0.1, -0.05) is 25.2 Å². The van der Waals surface area contributed by atoms with Crippen molar-refractivity contribution < 1.29 is 9.53 Å². The quantitative estimate of drug-likeness (QED) is 0.829. The Bertz CT molecular complexity index is 640. The lowest BCUT2D eigenvalue weighted by atomic mass is 10.1. The van der Waals surface area contributed by atoms with Crippen LogP contribution in [-0.2, 0) is 4.79 Å².